The van der Waals surface area contributed by atoms with Gasteiger partial charge in [-0.25, -0.2) is 4.99 Å². The molecular weight excluding hydrogens is 380 g/mol. The SMILES string of the molecule is CN(C)C(=O)CNC(=NCc1cn(C)nc1-c1ccccc1)NCC1CCCCO1. The third-order valence-corrected chi connectivity index (χ3v) is 5.04. The first-order valence-corrected chi connectivity index (χ1v) is 10.4. The molecule has 0 spiro atoms. The van der Waals surface area contributed by atoms with Crippen molar-refractivity contribution in [3.05, 3.63) is 42.1 Å². The predicted octanol–water partition coefficient (Wildman–Crippen LogP) is 1.78. The normalized spacial score (nSPS) is 16.9. The molecule has 30 heavy (non-hydrogen) atoms. The zero-order valence-electron chi connectivity index (χ0n) is 18.1. The minimum Gasteiger partial charge on any atom is -0.376 e. The van der Waals surface area contributed by atoms with Gasteiger partial charge in [0.25, 0.3) is 0 Å². The predicted molar refractivity (Wildman–Crippen MR) is 118 cm³/mol. The molecule has 2 aromatic rings. The van der Waals surface area contributed by atoms with Gasteiger partial charge in [-0.1, -0.05) is 30.3 Å². The van der Waals surface area contributed by atoms with E-state index in [9.17, 15) is 4.79 Å². The molecule has 0 saturated carbocycles. The summed E-state index contributed by atoms with van der Waals surface area (Å²) in [4.78, 5) is 18.3. The average molecular weight is 413 g/mol. The molecule has 2 N–H and O–H groups in total. The van der Waals surface area contributed by atoms with Crippen molar-refractivity contribution < 1.29 is 9.53 Å². The number of aromatic nitrogens is 2. The highest BCUT2D eigenvalue weighted by Crippen LogP contribution is 2.22. The van der Waals surface area contributed by atoms with E-state index < -0.39 is 0 Å². The fraction of sp³-hybridized carbons (Fsp3) is 0.500. The average Bonchev–Trinajstić information content (AvgIpc) is 3.14. The van der Waals surface area contributed by atoms with Gasteiger partial charge in [0.15, 0.2) is 5.96 Å². The number of amides is 1. The number of likely N-dealkylation sites (N-methyl/N-ethyl adjacent to an activating group) is 1. The van der Waals surface area contributed by atoms with Crippen molar-refractivity contribution in [1.29, 1.82) is 0 Å². The molecule has 1 aliphatic heterocycles. The topological polar surface area (TPSA) is 83.8 Å². The smallest absolute Gasteiger partial charge is 0.241 e. The number of carbonyl (C=O) groups excluding carboxylic acids is 1. The molecule has 3 rings (SSSR count). The van der Waals surface area contributed by atoms with Gasteiger partial charge in [-0.15, -0.1) is 0 Å². The second kappa shape index (κ2) is 10.8. The van der Waals surface area contributed by atoms with Gasteiger partial charge in [-0.2, -0.15) is 5.10 Å². The first kappa shape index (κ1) is 21.8. The van der Waals surface area contributed by atoms with Crippen LogP contribution in [0.5, 0.6) is 0 Å². The highest BCUT2D eigenvalue weighted by Gasteiger charge is 2.15. The highest BCUT2D eigenvalue weighted by atomic mass is 16.5. The lowest BCUT2D eigenvalue weighted by Crippen LogP contribution is -2.45. The Morgan fingerprint density at radius 3 is 2.77 bits per heavy atom. The summed E-state index contributed by atoms with van der Waals surface area (Å²) in [6.07, 6.45) is 5.50. The van der Waals surface area contributed by atoms with Crippen LogP contribution >= 0.6 is 0 Å². The molecule has 1 atom stereocenters. The van der Waals surface area contributed by atoms with Gasteiger partial charge in [-0.3, -0.25) is 9.48 Å². The first-order valence-electron chi connectivity index (χ1n) is 10.4. The fourth-order valence-electron chi connectivity index (χ4n) is 3.33. The Morgan fingerprint density at radius 2 is 2.07 bits per heavy atom. The quantitative estimate of drug-likeness (QED) is 0.535. The summed E-state index contributed by atoms with van der Waals surface area (Å²) in [5, 5.41) is 11.1. The molecule has 0 bridgehead atoms. The number of carbonyl (C=O) groups is 1. The van der Waals surface area contributed by atoms with E-state index >= 15 is 0 Å². The fourth-order valence-corrected chi connectivity index (χ4v) is 3.33. The molecule has 2 heterocycles. The van der Waals surface area contributed by atoms with Gasteiger partial charge in [0, 0.05) is 51.6 Å². The molecule has 1 aromatic heterocycles. The number of nitrogens with zero attached hydrogens (tertiary/aromatic N) is 4. The Kier molecular flexibility index (Phi) is 7.84. The number of guanidine groups is 1. The zero-order valence-corrected chi connectivity index (χ0v) is 18.1. The van der Waals surface area contributed by atoms with Gasteiger partial charge >= 0.3 is 0 Å². The number of rotatable bonds is 7. The van der Waals surface area contributed by atoms with Gasteiger partial charge in [0.05, 0.1) is 24.9 Å². The molecule has 1 unspecified atom stereocenters. The lowest BCUT2D eigenvalue weighted by molar-refractivity contribution is -0.127. The Labute approximate surface area is 178 Å². The summed E-state index contributed by atoms with van der Waals surface area (Å²) in [6.45, 7) is 2.11. The third-order valence-electron chi connectivity index (χ3n) is 5.04. The number of aliphatic imine (C=N–C) groups is 1. The number of benzene rings is 1. The molecule has 0 radical (unpaired) electrons. The maximum absolute atomic E-state index is 12.0. The van der Waals surface area contributed by atoms with Crippen LogP contribution in [-0.2, 0) is 23.1 Å². The van der Waals surface area contributed by atoms with Crippen LogP contribution in [0.3, 0.4) is 0 Å². The number of hydrogen-bond donors (Lipinski definition) is 2. The molecule has 8 nitrogen and oxygen atoms in total. The van der Waals surface area contributed by atoms with Crippen LogP contribution in [0.4, 0.5) is 0 Å². The standard InChI is InChI=1S/C22H32N6O2/c1-27(2)20(29)15-25-22(24-14-19-11-7-8-12-30-19)23-13-18-16-28(3)26-21(18)17-9-5-4-6-10-17/h4-6,9-10,16,19H,7-8,11-15H2,1-3H3,(H2,23,24,25). The van der Waals surface area contributed by atoms with Crippen LogP contribution < -0.4 is 10.6 Å². The van der Waals surface area contributed by atoms with Crippen molar-refractivity contribution in [3.8, 4) is 11.3 Å². The summed E-state index contributed by atoms with van der Waals surface area (Å²) in [5.41, 5.74) is 3.00. The molecule has 0 aliphatic carbocycles. The Morgan fingerprint density at radius 1 is 1.27 bits per heavy atom. The Hall–Kier alpha value is -2.87. The summed E-state index contributed by atoms with van der Waals surface area (Å²) in [7, 11) is 5.39. The van der Waals surface area contributed by atoms with E-state index in [1.54, 1.807) is 23.7 Å². The summed E-state index contributed by atoms with van der Waals surface area (Å²) in [6, 6.07) is 10.1. The molecule has 1 saturated heterocycles. The number of hydrogen-bond acceptors (Lipinski definition) is 4. The van der Waals surface area contributed by atoms with Crippen molar-refractivity contribution in [3.63, 3.8) is 0 Å². The van der Waals surface area contributed by atoms with Gasteiger partial charge in [-0.05, 0) is 19.3 Å². The Bertz CT molecular complexity index is 841. The monoisotopic (exact) mass is 412 g/mol. The molecule has 8 heteroatoms. The lowest BCUT2D eigenvalue weighted by atomic mass is 10.1. The van der Waals surface area contributed by atoms with E-state index in [0.717, 1.165) is 36.3 Å². The van der Waals surface area contributed by atoms with Gasteiger partial charge in [0.1, 0.15) is 0 Å². The van der Waals surface area contributed by atoms with E-state index in [0.29, 0.717) is 19.0 Å². The maximum atomic E-state index is 12.0. The second-order valence-corrected chi connectivity index (χ2v) is 7.72. The number of nitrogens with one attached hydrogen (secondary N) is 2. The van der Waals surface area contributed by atoms with E-state index in [1.807, 2.05) is 43.6 Å². The van der Waals surface area contributed by atoms with Gasteiger partial charge < -0.3 is 20.3 Å². The molecule has 162 valence electrons. The summed E-state index contributed by atoms with van der Waals surface area (Å²) < 4.78 is 7.61. The molecule has 1 aliphatic rings. The zero-order chi connectivity index (χ0) is 21.3. The minimum atomic E-state index is -0.00947. The van der Waals surface area contributed by atoms with Crippen molar-refractivity contribution in [2.75, 3.05) is 33.8 Å². The maximum Gasteiger partial charge on any atom is 0.241 e. The first-order chi connectivity index (χ1) is 14.5. The molecule has 1 amide bonds. The second-order valence-electron chi connectivity index (χ2n) is 7.72. The van der Waals surface area contributed by atoms with Crippen molar-refractivity contribution in [2.24, 2.45) is 12.0 Å². The molecule has 1 aromatic carbocycles. The highest BCUT2D eigenvalue weighted by molar-refractivity contribution is 5.86. The van der Waals surface area contributed by atoms with Crippen LogP contribution in [0.2, 0.25) is 0 Å². The summed E-state index contributed by atoms with van der Waals surface area (Å²) >= 11 is 0. The van der Waals surface area contributed by atoms with E-state index in [2.05, 4.69) is 15.7 Å². The van der Waals surface area contributed by atoms with E-state index in [-0.39, 0.29) is 18.6 Å². The van der Waals surface area contributed by atoms with Crippen LogP contribution in [0.25, 0.3) is 11.3 Å². The van der Waals surface area contributed by atoms with Crippen molar-refractivity contribution >= 4 is 11.9 Å². The lowest BCUT2D eigenvalue weighted by Gasteiger charge is -2.24. The summed E-state index contributed by atoms with van der Waals surface area (Å²) in [5.74, 6) is 0.590. The van der Waals surface area contributed by atoms with Crippen LogP contribution in [-0.4, -0.2) is 66.4 Å². The minimum absolute atomic E-state index is 0.00947. The van der Waals surface area contributed by atoms with Crippen LogP contribution in [0, 0.1) is 0 Å². The molecular formula is C22H32N6O2. The van der Waals surface area contributed by atoms with Crippen LogP contribution in [0.15, 0.2) is 41.5 Å². The number of ether oxygens (including phenoxy) is 1. The third kappa shape index (κ3) is 6.32. The van der Waals surface area contributed by atoms with Gasteiger partial charge in [0.2, 0.25) is 5.91 Å². The Balaban J connectivity index is 1.71. The van der Waals surface area contributed by atoms with Crippen LogP contribution in [0.1, 0.15) is 24.8 Å². The van der Waals surface area contributed by atoms with Crippen molar-refractivity contribution in [1.82, 2.24) is 25.3 Å². The molecule has 1 fully saturated rings. The van der Waals surface area contributed by atoms with E-state index in [1.165, 1.54) is 6.42 Å². The van der Waals surface area contributed by atoms with E-state index in [4.69, 9.17) is 9.73 Å². The van der Waals surface area contributed by atoms with Crippen molar-refractivity contribution in [2.45, 2.75) is 31.9 Å². The largest absolute Gasteiger partial charge is 0.376 e. The number of aryl methyl sites for hydroxylation is 1.